The molecule has 3 rings (SSSR count). The second-order valence-electron chi connectivity index (χ2n) is 5.29. The van der Waals surface area contributed by atoms with Crippen molar-refractivity contribution in [3.8, 4) is 6.07 Å². The number of halogens is 2. The maximum Gasteiger partial charge on any atom is 0.229 e. The summed E-state index contributed by atoms with van der Waals surface area (Å²) in [5, 5.41) is 16.2. The Kier molecular flexibility index (Phi) is 5.03. The van der Waals surface area contributed by atoms with Crippen LogP contribution in [-0.2, 0) is 0 Å². The van der Waals surface area contributed by atoms with Crippen molar-refractivity contribution >= 4 is 46.3 Å². The second kappa shape index (κ2) is 7.39. The summed E-state index contributed by atoms with van der Waals surface area (Å²) < 4.78 is 0. The van der Waals surface area contributed by atoms with Gasteiger partial charge in [-0.15, -0.1) is 0 Å². The van der Waals surface area contributed by atoms with Gasteiger partial charge >= 0.3 is 0 Å². The van der Waals surface area contributed by atoms with Gasteiger partial charge in [-0.3, -0.25) is 0 Å². The van der Waals surface area contributed by atoms with Crippen LogP contribution in [0.2, 0.25) is 10.0 Å². The second-order valence-corrected chi connectivity index (χ2v) is 6.10. The van der Waals surface area contributed by atoms with Gasteiger partial charge in [0.1, 0.15) is 5.82 Å². The van der Waals surface area contributed by atoms with Crippen LogP contribution in [0.25, 0.3) is 0 Å². The summed E-state index contributed by atoms with van der Waals surface area (Å²) in [4.78, 5) is 8.81. The normalized spacial score (nSPS) is 10.2. The first-order valence-electron chi connectivity index (χ1n) is 7.38. The fourth-order valence-electron chi connectivity index (χ4n) is 2.21. The molecular formula is C18H13Cl2N5. The number of anilines is 4. The Morgan fingerprint density at radius 3 is 2.48 bits per heavy atom. The number of nitrogens with zero attached hydrogens (tertiary/aromatic N) is 3. The van der Waals surface area contributed by atoms with Gasteiger partial charge in [0.15, 0.2) is 0 Å². The first-order valence-corrected chi connectivity index (χ1v) is 8.14. The maximum absolute atomic E-state index is 8.99. The molecule has 25 heavy (non-hydrogen) atoms. The SMILES string of the molecule is Cc1cc(Nc2cccc(C#N)c2)nc(Nc2ccc(Cl)c(Cl)c2)n1. The van der Waals surface area contributed by atoms with Crippen LogP contribution in [0.1, 0.15) is 11.3 Å². The fraction of sp³-hybridized carbons (Fsp3) is 0.0556. The van der Waals surface area contributed by atoms with Crippen molar-refractivity contribution in [3.63, 3.8) is 0 Å². The molecule has 0 unspecified atom stereocenters. The number of benzene rings is 2. The molecule has 1 heterocycles. The van der Waals surface area contributed by atoms with Crippen LogP contribution in [0.15, 0.2) is 48.5 Å². The Bertz CT molecular complexity index is 966. The zero-order chi connectivity index (χ0) is 17.8. The summed E-state index contributed by atoms with van der Waals surface area (Å²) in [5.41, 5.74) is 2.87. The van der Waals surface area contributed by atoms with Gasteiger partial charge in [0, 0.05) is 23.1 Å². The molecule has 0 saturated carbocycles. The molecular weight excluding hydrogens is 357 g/mol. The van der Waals surface area contributed by atoms with E-state index >= 15 is 0 Å². The molecule has 0 bridgehead atoms. The highest BCUT2D eigenvalue weighted by molar-refractivity contribution is 6.42. The van der Waals surface area contributed by atoms with E-state index in [9.17, 15) is 0 Å². The number of rotatable bonds is 4. The van der Waals surface area contributed by atoms with Gasteiger partial charge in [-0.25, -0.2) is 4.98 Å². The molecule has 0 radical (unpaired) electrons. The number of hydrogen-bond donors (Lipinski definition) is 2. The third-order valence-corrected chi connectivity index (χ3v) is 4.03. The van der Waals surface area contributed by atoms with Crippen LogP contribution in [0.4, 0.5) is 23.1 Å². The molecule has 3 aromatic rings. The van der Waals surface area contributed by atoms with E-state index in [1.165, 1.54) is 0 Å². The summed E-state index contributed by atoms with van der Waals surface area (Å²) >= 11 is 12.0. The summed E-state index contributed by atoms with van der Waals surface area (Å²) in [6, 6.07) is 16.3. The number of hydrogen-bond acceptors (Lipinski definition) is 5. The van der Waals surface area contributed by atoms with E-state index in [2.05, 4.69) is 26.7 Å². The van der Waals surface area contributed by atoms with E-state index in [0.717, 1.165) is 17.1 Å². The third-order valence-electron chi connectivity index (χ3n) is 3.29. The highest BCUT2D eigenvalue weighted by Gasteiger charge is 2.06. The molecule has 2 aromatic carbocycles. The maximum atomic E-state index is 8.99. The lowest BCUT2D eigenvalue weighted by molar-refractivity contribution is 1.11. The highest BCUT2D eigenvalue weighted by Crippen LogP contribution is 2.27. The van der Waals surface area contributed by atoms with Gasteiger partial charge in [-0.1, -0.05) is 29.3 Å². The van der Waals surface area contributed by atoms with Crippen molar-refractivity contribution in [2.24, 2.45) is 0 Å². The van der Waals surface area contributed by atoms with Crippen molar-refractivity contribution in [2.75, 3.05) is 10.6 Å². The minimum atomic E-state index is 0.428. The quantitative estimate of drug-likeness (QED) is 0.639. The van der Waals surface area contributed by atoms with Gasteiger partial charge in [-0.05, 0) is 43.3 Å². The lowest BCUT2D eigenvalue weighted by Gasteiger charge is -2.10. The van der Waals surface area contributed by atoms with E-state index in [-0.39, 0.29) is 0 Å². The third kappa shape index (κ3) is 4.38. The van der Waals surface area contributed by atoms with Gasteiger partial charge in [0.2, 0.25) is 5.95 Å². The Hall–Kier alpha value is -2.81. The Morgan fingerprint density at radius 1 is 0.920 bits per heavy atom. The molecule has 0 aliphatic heterocycles. The predicted octanol–water partition coefficient (Wildman–Crippen LogP) is 5.45. The summed E-state index contributed by atoms with van der Waals surface area (Å²) in [6.07, 6.45) is 0. The average Bonchev–Trinajstić information content (AvgIpc) is 2.58. The summed E-state index contributed by atoms with van der Waals surface area (Å²) in [6.45, 7) is 1.87. The predicted molar refractivity (Wildman–Crippen MR) is 101 cm³/mol. The van der Waals surface area contributed by atoms with Gasteiger partial charge in [0.05, 0.1) is 21.7 Å². The molecule has 7 heteroatoms. The van der Waals surface area contributed by atoms with Crippen LogP contribution in [-0.4, -0.2) is 9.97 Å². The molecule has 0 atom stereocenters. The molecule has 5 nitrogen and oxygen atoms in total. The summed E-state index contributed by atoms with van der Waals surface area (Å²) in [5.74, 6) is 1.04. The Labute approximate surface area is 155 Å². The van der Waals surface area contributed by atoms with Crippen LogP contribution in [0.3, 0.4) is 0 Å². The number of aryl methyl sites for hydroxylation is 1. The van der Waals surface area contributed by atoms with E-state index in [0.29, 0.717) is 27.4 Å². The average molecular weight is 370 g/mol. The lowest BCUT2D eigenvalue weighted by atomic mass is 10.2. The van der Waals surface area contributed by atoms with Crippen molar-refractivity contribution in [1.82, 2.24) is 9.97 Å². The molecule has 0 aliphatic rings. The van der Waals surface area contributed by atoms with Crippen molar-refractivity contribution in [1.29, 1.82) is 5.26 Å². The zero-order valence-corrected chi connectivity index (χ0v) is 14.7. The topological polar surface area (TPSA) is 73.6 Å². The fourth-order valence-corrected chi connectivity index (χ4v) is 2.50. The molecule has 0 amide bonds. The van der Waals surface area contributed by atoms with Crippen molar-refractivity contribution in [3.05, 3.63) is 69.8 Å². The molecule has 0 saturated heterocycles. The van der Waals surface area contributed by atoms with Crippen LogP contribution < -0.4 is 10.6 Å². The molecule has 2 N–H and O–H groups in total. The van der Waals surface area contributed by atoms with Crippen LogP contribution in [0.5, 0.6) is 0 Å². The van der Waals surface area contributed by atoms with Gasteiger partial charge in [0.25, 0.3) is 0 Å². The highest BCUT2D eigenvalue weighted by atomic mass is 35.5. The number of nitriles is 1. The summed E-state index contributed by atoms with van der Waals surface area (Å²) in [7, 11) is 0. The first-order chi connectivity index (χ1) is 12.0. The molecule has 1 aromatic heterocycles. The Balaban J connectivity index is 1.84. The van der Waals surface area contributed by atoms with E-state index in [1.807, 2.05) is 25.1 Å². The van der Waals surface area contributed by atoms with Crippen molar-refractivity contribution in [2.45, 2.75) is 6.92 Å². The monoisotopic (exact) mass is 369 g/mol. The minimum Gasteiger partial charge on any atom is -0.340 e. The molecule has 124 valence electrons. The Morgan fingerprint density at radius 2 is 1.72 bits per heavy atom. The van der Waals surface area contributed by atoms with E-state index in [4.69, 9.17) is 28.5 Å². The molecule has 0 fully saturated rings. The first kappa shape index (κ1) is 17.0. The van der Waals surface area contributed by atoms with E-state index in [1.54, 1.807) is 30.3 Å². The molecule has 0 aliphatic carbocycles. The van der Waals surface area contributed by atoms with Gasteiger partial charge in [-0.2, -0.15) is 10.2 Å². The van der Waals surface area contributed by atoms with Gasteiger partial charge < -0.3 is 10.6 Å². The minimum absolute atomic E-state index is 0.428. The van der Waals surface area contributed by atoms with Crippen LogP contribution in [0, 0.1) is 18.3 Å². The smallest absolute Gasteiger partial charge is 0.229 e. The number of aromatic nitrogens is 2. The van der Waals surface area contributed by atoms with Crippen LogP contribution >= 0.6 is 23.2 Å². The van der Waals surface area contributed by atoms with E-state index < -0.39 is 0 Å². The van der Waals surface area contributed by atoms with Crippen molar-refractivity contribution < 1.29 is 0 Å². The molecule has 0 spiro atoms. The number of nitrogens with one attached hydrogen (secondary N) is 2. The largest absolute Gasteiger partial charge is 0.340 e. The zero-order valence-electron chi connectivity index (χ0n) is 13.2. The standard InChI is InChI=1S/C18H13Cl2N5/c1-11-7-17(23-13-4-2-3-12(8-13)10-21)25-18(22-11)24-14-5-6-15(19)16(20)9-14/h2-9H,1H3,(H2,22,23,24,25). The lowest BCUT2D eigenvalue weighted by Crippen LogP contribution is -2.02.